The molecule has 0 aromatic heterocycles. The van der Waals surface area contributed by atoms with E-state index >= 15 is 0 Å². The highest BCUT2D eigenvalue weighted by molar-refractivity contribution is 7.80. The minimum absolute atomic E-state index is 0.263. The highest BCUT2D eigenvalue weighted by atomic mass is 32.1. The van der Waals surface area contributed by atoms with Crippen molar-refractivity contribution >= 4 is 40.5 Å². The van der Waals surface area contributed by atoms with Crippen molar-refractivity contribution in [2.45, 2.75) is 96.6 Å². The molecule has 2 aliphatic rings. The Hall–Kier alpha value is -2.26. The third kappa shape index (κ3) is 9.80. The van der Waals surface area contributed by atoms with Crippen molar-refractivity contribution < 1.29 is 18.7 Å². The quantitative estimate of drug-likeness (QED) is 0.172. The van der Waals surface area contributed by atoms with Crippen LogP contribution in [0.25, 0.3) is 0 Å². The van der Waals surface area contributed by atoms with Crippen molar-refractivity contribution in [1.82, 2.24) is 10.2 Å². The van der Waals surface area contributed by atoms with Crippen molar-refractivity contribution in [2.24, 2.45) is 0 Å². The molecular formula is C29H45FN4O3S. The molecule has 7 nitrogen and oxygen atoms in total. The SMILES string of the molecule is CCCCC(CCC)OC(=S)CCCCCN1CCN(c2ccc(NC3CCC(=O)NC3=O)cc2F)CC1. The molecule has 0 spiro atoms. The Morgan fingerprint density at radius 3 is 2.58 bits per heavy atom. The van der Waals surface area contributed by atoms with Crippen molar-refractivity contribution in [3.63, 3.8) is 0 Å². The van der Waals surface area contributed by atoms with E-state index in [-0.39, 0.29) is 30.2 Å². The molecule has 0 aliphatic carbocycles. The van der Waals surface area contributed by atoms with E-state index in [0.29, 0.717) is 17.8 Å². The number of hydrogen-bond donors (Lipinski definition) is 2. The number of benzene rings is 1. The first-order chi connectivity index (χ1) is 18.4. The molecule has 1 aromatic rings. The van der Waals surface area contributed by atoms with Gasteiger partial charge in [-0.15, -0.1) is 0 Å². The van der Waals surface area contributed by atoms with Gasteiger partial charge in [0.1, 0.15) is 11.9 Å². The van der Waals surface area contributed by atoms with Crippen LogP contribution in [0.3, 0.4) is 0 Å². The van der Waals surface area contributed by atoms with Gasteiger partial charge in [0.2, 0.25) is 11.8 Å². The van der Waals surface area contributed by atoms with Gasteiger partial charge in [-0.1, -0.05) is 39.5 Å². The molecule has 0 radical (unpaired) electrons. The fourth-order valence-electron chi connectivity index (χ4n) is 5.14. The maximum absolute atomic E-state index is 14.9. The first-order valence-electron chi connectivity index (χ1n) is 14.5. The minimum Gasteiger partial charge on any atom is -0.484 e. The maximum Gasteiger partial charge on any atom is 0.249 e. The summed E-state index contributed by atoms with van der Waals surface area (Å²) in [5.74, 6) is -0.924. The van der Waals surface area contributed by atoms with Crippen LogP contribution in [0.4, 0.5) is 15.8 Å². The van der Waals surface area contributed by atoms with Gasteiger partial charge in [-0.2, -0.15) is 0 Å². The fourth-order valence-corrected chi connectivity index (χ4v) is 5.42. The first-order valence-corrected chi connectivity index (χ1v) is 14.9. The molecule has 38 heavy (non-hydrogen) atoms. The summed E-state index contributed by atoms with van der Waals surface area (Å²) < 4.78 is 21.0. The Labute approximate surface area is 232 Å². The van der Waals surface area contributed by atoms with Crippen LogP contribution in [0, 0.1) is 5.82 Å². The van der Waals surface area contributed by atoms with E-state index < -0.39 is 6.04 Å². The third-order valence-electron chi connectivity index (χ3n) is 7.38. The van der Waals surface area contributed by atoms with Gasteiger partial charge >= 0.3 is 0 Å². The zero-order valence-corrected chi connectivity index (χ0v) is 23.9. The zero-order valence-electron chi connectivity index (χ0n) is 23.1. The summed E-state index contributed by atoms with van der Waals surface area (Å²) in [7, 11) is 0. The number of rotatable bonds is 15. The van der Waals surface area contributed by atoms with Gasteiger partial charge in [-0.05, 0) is 69.1 Å². The number of amides is 2. The molecule has 0 bridgehead atoms. The van der Waals surface area contributed by atoms with Crippen molar-refractivity contribution in [3.05, 3.63) is 24.0 Å². The van der Waals surface area contributed by atoms with E-state index in [9.17, 15) is 14.0 Å². The van der Waals surface area contributed by atoms with Crippen LogP contribution < -0.4 is 15.5 Å². The molecule has 9 heteroatoms. The average Bonchev–Trinajstić information content (AvgIpc) is 2.89. The number of piperazine rings is 1. The van der Waals surface area contributed by atoms with Gasteiger partial charge in [0.15, 0.2) is 5.05 Å². The summed E-state index contributed by atoms with van der Waals surface area (Å²) in [4.78, 5) is 27.8. The van der Waals surface area contributed by atoms with Crippen molar-refractivity contribution in [2.75, 3.05) is 42.9 Å². The number of carbonyl (C=O) groups is 2. The summed E-state index contributed by atoms with van der Waals surface area (Å²) >= 11 is 5.50. The fraction of sp³-hybridized carbons (Fsp3) is 0.690. The Morgan fingerprint density at radius 1 is 1.11 bits per heavy atom. The highest BCUT2D eigenvalue weighted by Gasteiger charge is 2.27. The summed E-state index contributed by atoms with van der Waals surface area (Å²) in [6, 6.07) is 4.50. The van der Waals surface area contributed by atoms with E-state index in [1.165, 1.54) is 18.9 Å². The van der Waals surface area contributed by atoms with Crippen LogP contribution in [0.2, 0.25) is 0 Å². The first kappa shape index (κ1) is 30.3. The Balaban J connectivity index is 1.32. The molecule has 2 saturated heterocycles. The molecule has 3 rings (SSSR count). The topological polar surface area (TPSA) is 73.9 Å². The van der Waals surface area contributed by atoms with Crippen LogP contribution in [0.1, 0.15) is 84.5 Å². The molecule has 2 atom stereocenters. The standard InChI is InChI=1S/C29H45FN4O3S/c1-3-5-10-23(9-4-2)37-28(38)11-7-6-8-16-33-17-19-34(20-18-33)26-14-12-22(21-24(26)30)31-25-13-15-27(35)32-29(25)36/h12,14,21,23,25,31H,3-11,13,15-20H2,1-2H3,(H,32,35,36). The lowest BCUT2D eigenvalue weighted by atomic mass is 10.1. The predicted octanol–water partition coefficient (Wildman–Crippen LogP) is 5.43. The molecule has 1 aromatic carbocycles. The number of ether oxygens (including phenoxy) is 1. The smallest absolute Gasteiger partial charge is 0.249 e. The lowest BCUT2D eigenvalue weighted by molar-refractivity contribution is -0.133. The molecular weight excluding hydrogens is 503 g/mol. The van der Waals surface area contributed by atoms with Crippen molar-refractivity contribution in [3.8, 4) is 0 Å². The number of anilines is 2. The van der Waals surface area contributed by atoms with E-state index in [4.69, 9.17) is 17.0 Å². The van der Waals surface area contributed by atoms with Gasteiger partial charge in [0.05, 0.1) is 11.8 Å². The maximum atomic E-state index is 14.9. The molecule has 2 fully saturated rings. The number of unbranched alkanes of at least 4 members (excludes halogenated alkanes) is 3. The number of thiocarbonyl (C=S) groups is 1. The van der Waals surface area contributed by atoms with E-state index in [0.717, 1.165) is 82.7 Å². The second-order valence-corrected chi connectivity index (χ2v) is 11.0. The largest absolute Gasteiger partial charge is 0.484 e. The number of carbonyl (C=O) groups excluding carboxylic acids is 2. The second-order valence-electron chi connectivity index (χ2n) is 10.5. The average molecular weight is 549 g/mol. The number of halogens is 1. The van der Waals surface area contributed by atoms with Crippen LogP contribution >= 0.6 is 12.2 Å². The molecule has 0 saturated carbocycles. The van der Waals surface area contributed by atoms with Gasteiger partial charge in [-0.3, -0.25) is 19.8 Å². The van der Waals surface area contributed by atoms with Crippen LogP contribution in [0.5, 0.6) is 0 Å². The molecule has 212 valence electrons. The summed E-state index contributed by atoms with van der Waals surface area (Å²) in [6.45, 7) is 8.84. The minimum atomic E-state index is -0.520. The number of hydrogen-bond acceptors (Lipinski definition) is 7. The number of imide groups is 1. The third-order valence-corrected chi connectivity index (χ3v) is 7.68. The normalized spacial score (nSPS) is 19.2. The number of piperidine rings is 1. The van der Waals surface area contributed by atoms with Crippen LogP contribution in [-0.4, -0.2) is 66.6 Å². The monoisotopic (exact) mass is 548 g/mol. The van der Waals surface area contributed by atoms with Gasteiger partial charge in [0, 0.05) is 44.7 Å². The molecule has 2 aliphatic heterocycles. The van der Waals surface area contributed by atoms with Crippen LogP contribution in [0.15, 0.2) is 18.2 Å². The van der Waals surface area contributed by atoms with E-state index in [1.54, 1.807) is 12.1 Å². The van der Waals surface area contributed by atoms with Gasteiger partial charge in [-0.25, -0.2) is 4.39 Å². The van der Waals surface area contributed by atoms with E-state index in [1.807, 2.05) is 0 Å². The Bertz CT molecular complexity index is 923. The lowest BCUT2D eigenvalue weighted by Crippen LogP contribution is -2.47. The lowest BCUT2D eigenvalue weighted by Gasteiger charge is -2.36. The highest BCUT2D eigenvalue weighted by Crippen LogP contribution is 2.25. The molecule has 2 heterocycles. The molecule has 2 amide bonds. The van der Waals surface area contributed by atoms with Gasteiger partial charge < -0.3 is 15.0 Å². The zero-order chi connectivity index (χ0) is 27.3. The van der Waals surface area contributed by atoms with Gasteiger partial charge in [0.25, 0.3) is 0 Å². The molecule has 2 unspecified atom stereocenters. The summed E-state index contributed by atoms with van der Waals surface area (Å²) in [5, 5.41) is 6.13. The molecule has 2 N–H and O–H groups in total. The number of nitrogens with one attached hydrogen (secondary N) is 2. The predicted molar refractivity (Wildman–Crippen MR) is 155 cm³/mol. The van der Waals surface area contributed by atoms with Crippen molar-refractivity contribution in [1.29, 1.82) is 0 Å². The van der Waals surface area contributed by atoms with Crippen LogP contribution in [-0.2, 0) is 14.3 Å². The summed E-state index contributed by atoms with van der Waals surface area (Å²) in [5.41, 5.74) is 1.14. The Kier molecular flexibility index (Phi) is 12.7. The van der Waals surface area contributed by atoms with E-state index in [2.05, 4.69) is 34.3 Å². The summed E-state index contributed by atoms with van der Waals surface area (Å²) in [6.07, 6.45) is 10.9. The Morgan fingerprint density at radius 2 is 1.89 bits per heavy atom. The number of nitrogens with zero attached hydrogens (tertiary/aromatic N) is 2. The second kappa shape index (κ2) is 16.0.